The van der Waals surface area contributed by atoms with Gasteiger partial charge in [-0.1, -0.05) is 231 Å². The van der Waals surface area contributed by atoms with Crippen molar-refractivity contribution in [2.75, 3.05) is 13.2 Å². The van der Waals surface area contributed by atoms with Crippen LogP contribution in [0.5, 0.6) is 0 Å². The Balaban J connectivity index is 4.32. The fourth-order valence-corrected chi connectivity index (χ4v) is 7.94. The molecule has 0 aliphatic rings. The zero-order valence-corrected chi connectivity index (χ0v) is 42.1. The van der Waals surface area contributed by atoms with Crippen molar-refractivity contribution in [3.8, 4) is 0 Å². The molecule has 0 aromatic rings. The highest BCUT2D eigenvalue weighted by molar-refractivity contribution is 5.71. The predicted molar refractivity (Wildman–Crippen MR) is 270 cm³/mol. The molecule has 0 aliphatic heterocycles. The number of hydrogen-bond acceptors (Lipinski definition) is 6. The van der Waals surface area contributed by atoms with Crippen LogP contribution in [0.3, 0.4) is 0 Å². The lowest BCUT2D eigenvalue weighted by atomic mass is 10.0. The van der Waals surface area contributed by atoms with Crippen LogP contribution in [0.2, 0.25) is 0 Å². The quantitative estimate of drug-likeness (QED) is 0.0262. The molecule has 0 aromatic carbocycles. The van der Waals surface area contributed by atoms with E-state index in [0.717, 1.165) is 70.6 Å². The maximum atomic E-state index is 12.8. The van der Waals surface area contributed by atoms with Crippen LogP contribution in [0.25, 0.3) is 0 Å². The summed E-state index contributed by atoms with van der Waals surface area (Å²) in [6.07, 6.45) is 61.2. The molecule has 368 valence electrons. The first-order valence-electron chi connectivity index (χ1n) is 27.5. The van der Waals surface area contributed by atoms with E-state index in [-0.39, 0.29) is 31.1 Å². The highest BCUT2D eigenvalue weighted by atomic mass is 16.6. The smallest absolute Gasteiger partial charge is 0.306 e. The van der Waals surface area contributed by atoms with Crippen LogP contribution in [0.4, 0.5) is 0 Å². The zero-order chi connectivity index (χ0) is 45.8. The second kappa shape index (κ2) is 52.3. The lowest BCUT2D eigenvalue weighted by molar-refractivity contribution is -0.167. The van der Waals surface area contributed by atoms with Gasteiger partial charge < -0.3 is 14.2 Å². The van der Waals surface area contributed by atoms with E-state index in [0.29, 0.717) is 19.3 Å². The number of carbonyl (C=O) groups excluding carboxylic acids is 3. The van der Waals surface area contributed by atoms with Crippen LogP contribution in [0.1, 0.15) is 290 Å². The van der Waals surface area contributed by atoms with Crippen molar-refractivity contribution >= 4 is 17.9 Å². The van der Waals surface area contributed by atoms with Gasteiger partial charge in [0, 0.05) is 19.3 Å². The highest BCUT2D eigenvalue weighted by Crippen LogP contribution is 2.16. The van der Waals surface area contributed by atoms with Gasteiger partial charge in [0.1, 0.15) is 13.2 Å². The Labute approximate surface area is 391 Å². The van der Waals surface area contributed by atoms with Crippen LogP contribution in [-0.4, -0.2) is 37.2 Å². The molecule has 0 amide bonds. The lowest BCUT2D eigenvalue weighted by Crippen LogP contribution is -2.30. The van der Waals surface area contributed by atoms with Crippen molar-refractivity contribution in [2.24, 2.45) is 0 Å². The highest BCUT2D eigenvalue weighted by Gasteiger charge is 2.19. The van der Waals surface area contributed by atoms with Crippen LogP contribution in [0, 0.1) is 0 Å². The summed E-state index contributed by atoms with van der Waals surface area (Å²) in [6.45, 7) is 6.62. The van der Waals surface area contributed by atoms with Crippen LogP contribution < -0.4 is 0 Å². The molecule has 0 aromatic heterocycles. The van der Waals surface area contributed by atoms with Gasteiger partial charge in [0.25, 0.3) is 0 Å². The van der Waals surface area contributed by atoms with Gasteiger partial charge in [-0.05, 0) is 77.0 Å². The number of carbonyl (C=O) groups is 3. The van der Waals surface area contributed by atoms with Crippen LogP contribution in [0.15, 0.2) is 36.5 Å². The van der Waals surface area contributed by atoms with Gasteiger partial charge in [-0.25, -0.2) is 0 Å². The largest absolute Gasteiger partial charge is 0.462 e. The van der Waals surface area contributed by atoms with Gasteiger partial charge in [-0.3, -0.25) is 14.4 Å². The minimum Gasteiger partial charge on any atom is -0.462 e. The van der Waals surface area contributed by atoms with E-state index < -0.39 is 6.10 Å². The van der Waals surface area contributed by atoms with Crippen LogP contribution >= 0.6 is 0 Å². The first-order chi connectivity index (χ1) is 31.0. The molecule has 0 aliphatic carbocycles. The molecule has 0 saturated heterocycles. The van der Waals surface area contributed by atoms with Gasteiger partial charge in [-0.2, -0.15) is 0 Å². The minimum atomic E-state index is -0.774. The Morgan fingerprint density at radius 1 is 0.317 bits per heavy atom. The maximum absolute atomic E-state index is 12.8. The molecule has 6 nitrogen and oxygen atoms in total. The summed E-state index contributed by atoms with van der Waals surface area (Å²) < 4.78 is 16.8. The van der Waals surface area contributed by atoms with Gasteiger partial charge in [-0.15, -0.1) is 0 Å². The SMILES string of the molecule is CCCCC/C=C/C/C=C/CCCCCCCCCCCC(=O)OC[C@@H](COC(=O)CCCCCCCCCCCCCCC)OC(=O)CCCCCCC/C=C/CCCCCC. The molecule has 0 heterocycles. The van der Waals surface area contributed by atoms with E-state index in [1.807, 2.05) is 0 Å². The Morgan fingerprint density at radius 2 is 0.571 bits per heavy atom. The third-order valence-corrected chi connectivity index (χ3v) is 12.1. The topological polar surface area (TPSA) is 78.9 Å². The van der Waals surface area contributed by atoms with E-state index in [1.165, 1.54) is 180 Å². The number of unbranched alkanes of at least 4 members (excludes halogenated alkanes) is 33. The van der Waals surface area contributed by atoms with Gasteiger partial charge in [0.05, 0.1) is 0 Å². The summed E-state index contributed by atoms with van der Waals surface area (Å²) in [4.78, 5) is 38.0. The first-order valence-corrected chi connectivity index (χ1v) is 27.5. The summed E-state index contributed by atoms with van der Waals surface area (Å²) in [6, 6.07) is 0. The average Bonchev–Trinajstić information content (AvgIpc) is 3.28. The molecule has 63 heavy (non-hydrogen) atoms. The molecule has 6 heteroatoms. The molecule has 0 bridgehead atoms. The molecule has 0 rings (SSSR count). The van der Waals surface area contributed by atoms with E-state index in [1.54, 1.807) is 0 Å². The second-order valence-corrected chi connectivity index (χ2v) is 18.5. The molecule has 0 unspecified atom stereocenters. The summed E-state index contributed by atoms with van der Waals surface area (Å²) in [5.41, 5.74) is 0. The molecule has 1 atom stereocenters. The van der Waals surface area contributed by atoms with E-state index in [2.05, 4.69) is 57.2 Å². The van der Waals surface area contributed by atoms with E-state index >= 15 is 0 Å². The molecule has 0 spiro atoms. The molecular weight excluding hydrogens is 781 g/mol. The van der Waals surface area contributed by atoms with Crippen molar-refractivity contribution in [2.45, 2.75) is 297 Å². The van der Waals surface area contributed by atoms with Crippen molar-refractivity contribution in [3.63, 3.8) is 0 Å². The summed E-state index contributed by atoms with van der Waals surface area (Å²) in [7, 11) is 0. The van der Waals surface area contributed by atoms with Gasteiger partial charge in [0.2, 0.25) is 0 Å². The normalized spacial score (nSPS) is 12.2. The maximum Gasteiger partial charge on any atom is 0.306 e. The first kappa shape index (κ1) is 60.6. The summed E-state index contributed by atoms with van der Waals surface area (Å²) in [5.74, 6) is -0.874. The molecular formula is C57H104O6. The zero-order valence-electron chi connectivity index (χ0n) is 42.1. The number of hydrogen-bond donors (Lipinski definition) is 0. The Kier molecular flexibility index (Phi) is 50.3. The number of esters is 3. The Hall–Kier alpha value is -2.37. The van der Waals surface area contributed by atoms with Gasteiger partial charge >= 0.3 is 17.9 Å². The van der Waals surface area contributed by atoms with Crippen molar-refractivity contribution in [1.29, 1.82) is 0 Å². The van der Waals surface area contributed by atoms with Crippen molar-refractivity contribution in [3.05, 3.63) is 36.5 Å². The number of rotatable bonds is 50. The van der Waals surface area contributed by atoms with Gasteiger partial charge in [0.15, 0.2) is 6.10 Å². The minimum absolute atomic E-state index is 0.0734. The fraction of sp³-hybridized carbons (Fsp3) is 0.842. The van der Waals surface area contributed by atoms with E-state index in [9.17, 15) is 14.4 Å². The van der Waals surface area contributed by atoms with Crippen molar-refractivity contribution in [1.82, 2.24) is 0 Å². The molecule has 0 radical (unpaired) electrons. The summed E-state index contributed by atoms with van der Waals surface area (Å²) >= 11 is 0. The predicted octanol–water partition coefficient (Wildman–Crippen LogP) is 18.1. The Bertz CT molecular complexity index is 1060. The molecule has 0 fully saturated rings. The molecule has 0 N–H and O–H groups in total. The number of allylic oxidation sites excluding steroid dienone is 6. The Morgan fingerprint density at radius 3 is 0.937 bits per heavy atom. The fourth-order valence-electron chi connectivity index (χ4n) is 7.94. The summed E-state index contributed by atoms with van der Waals surface area (Å²) in [5, 5.41) is 0. The third-order valence-electron chi connectivity index (χ3n) is 12.1. The van der Waals surface area contributed by atoms with Crippen LogP contribution in [-0.2, 0) is 28.6 Å². The lowest BCUT2D eigenvalue weighted by Gasteiger charge is -2.18. The standard InChI is InChI=1S/C57H104O6/c1-4-7-10-13-16-19-22-25-26-27-28-29-30-33-35-38-41-44-47-50-56(59)62-53-54(63-57(60)51-48-45-42-39-36-32-24-21-18-15-12-9-6-3)52-61-55(58)49-46-43-40-37-34-31-23-20-17-14-11-8-5-2/h16,19,21,24-26,54H,4-15,17-18,20,22-23,27-53H2,1-3H3/b19-16+,24-21+,26-25+/t54-/m1/s1. The molecule has 0 saturated carbocycles. The van der Waals surface area contributed by atoms with Crippen molar-refractivity contribution < 1.29 is 28.6 Å². The number of ether oxygens (including phenoxy) is 3. The average molecular weight is 885 g/mol. The second-order valence-electron chi connectivity index (χ2n) is 18.5. The van der Waals surface area contributed by atoms with E-state index in [4.69, 9.17) is 14.2 Å². The third kappa shape index (κ3) is 50.5. The monoisotopic (exact) mass is 885 g/mol.